The number of ether oxygens (including phenoxy) is 2. The monoisotopic (exact) mass is 362 g/mol. The van der Waals surface area contributed by atoms with Crippen molar-refractivity contribution >= 4 is 11.6 Å². The van der Waals surface area contributed by atoms with Crippen molar-refractivity contribution in [2.24, 2.45) is 10.9 Å². The number of hydrogen-bond acceptors (Lipinski definition) is 4. The molecule has 0 aliphatic carbocycles. The maximum absolute atomic E-state index is 5.36. The molecule has 1 saturated heterocycles. The first kappa shape index (κ1) is 20.4. The van der Waals surface area contributed by atoms with Crippen LogP contribution >= 0.6 is 0 Å². The van der Waals surface area contributed by atoms with Gasteiger partial charge in [-0.05, 0) is 44.2 Å². The van der Waals surface area contributed by atoms with Crippen LogP contribution in [0, 0.1) is 5.92 Å². The number of benzene rings is 1. The van der Waals surface area contributed by atoms with E-state index >= 15 is 0 Å². The average Bonchev–Trinajstić information content (AvgIpc) is 3.16. The van der Waals surface area contributed by atoms with Gasteiger partial charge in [-0.15, -0.1) is 0 Å². The van der Waals surface area contributed by atoms with Gasteiger partial charge < -0.3 is 25.0 Å². The molecule has 2 rings (SSSR count). The Morgan fingerprint density at radius 2 is 2.19 bits per heavy atom. The van der Waals surface area contributed by atoms with Crippen molar-refractivity contribution in [1.29, 1.82) is 0 Å². The molecule has 1 aliphatic heterocycles. The lowest BCUT2D eigenvalue weighted by Crippen LogP contribution is -2.40. The lowest BCUT2D eigenvalue weighted by molar-refractivity contribution is 0.143. The Kier molecular flexibility index (Phi) is 9.10. The number of hydrogen-bond donors (Lipinski definition) is 2. The molecule has 1 aromatic carbocycles. The highest BCUT2D eigenvalue weighted by atomic mass is 16.5. The van der Waals surface area contributed by atoms with Crippen LogP contribution in [0.2, 0.25) is 0 Å². The van der Waals surface area contributed by atoms with Crippen LogP contribution in [-0.4, -0.2) is 59.5 Å². The van der Waals surface area contributed by atoms with Crippen LogP contribution in [0.25, 0.3) is 0 Å². The molecule has 1 aromatic rings. The SMILES string of the molecule is CCOCCCCNC(=NC)NCC1CCN(c2cccc(OC)c2)C1. The topological polar surface area (TPSA) is 58.1 Å². The average molecular weight is 363 g/mol. The number of anilines is 1. The van der Waals surface area contributed by atoms with Crippen molar-refractivity contribution < 1.29 is 9.47 Å². The smallest absolute Gasteiger partial charge is 0.190 e. The first-order valence-corrected chi connectivity index (χ1v) is 9.68. The molecule has 26 heavy (non-hydrogen) atoms. The Morgan fingerprint density at radius 3 is 2.96 bits per heavy atom. The van der Waals surface area contributed by atoms with E-state index in [1.54, 1.807) is 7.11 Å². The third kappa shape index (κ3) is 6.75. The van der Waals surface area contributed by atoms with Crippen LogP contribution in [0.1, 0.15) is 26.2 Å². The molecule has 0 bridgehead atoms. The van der Waals surface area contributed by atoms with E-state index in [0.29, 0.717) is 5.92 Å². The molecule has 1 fully saturated rings. The van der Waals surface area contributed by atoms with Gasteiger partial charge in [-0.1, -0.05) is 6.07 Å². The molecule has 146 valence electrons. The summed E-state index contributed by atoms with van der Waals surface area (Å²) in [6.45, 7) is 7.68. The Balaban J connectivity index is 1.67. The number of guanidine groups is 1. The zero-order valence-electron chi connectivity index (χ0n) is 16.5. The number of rotatable bonds is 10. The Hall–Kier alpha value is -1.95. The number of unbranched alkanes of at least 4 members (excludes halogenated alkanes) is 1. The Morgan fingerprint density at radius 1 is 1.31 bits per heavy atom. The van der Waals surface area contributed by atoms with E-state index in [2.05, 4.69) is 38.7 Å². The van der Waals surface area contributed by atoms with Crippen molar-refractivity contribution in [3.8, 4) is 5.75 Å². The Bertz CT molecular complexity index is 550. The largest absolute Gasteiger partial charge is 0.497 e. The normalized spacial score (nSPS) is 17.4. The van der Waals surface area contributed by atoms with E-state index < -0.39 is 0 Å². The van der Waals surface area contributed by atoms with Gasteiger partial charge in [0, 0.05) is 58.2 Å². The molecule has 1 aliphatic rings. The first-order chi connectivity index (χ1) is 12.8. The van der Waals surface area contributed by atoms with Crippen LogP contribution in [-0.2, 0) is 4.74 Å². The summed E-state index contributed by atoms with van der Waals surface area (Å²) in [4.78, 5) is 6.75. The molecule has 1 atom stereocenters. The number of methoxy groups -OCH3 is 1. The minimum absolute atomic E-state index is 0.623. The third-order valence-corrected chi connectivity index (χ3v) is 4.70. The van der Waals surface area contributed by atoms with Gasteiger partial charge in [-0.25, -0.2) is 0 Å². The summed E-state index contributed by atoms with van der Waals surface area (Å²) >= 11 is 0. The first-order valence-electron chi connectivity index (χ1n) is 9.68. The van der Waals surface area contributed by atoms with E-state index in [0.717, 1.165) is 63.9 Å². The lowest BCUT2D eigenvalue weighted by atomic mass is 10.1. The second-order valence-corrected chi connectivity index (χ2v) is 6.59. The summed E-state index contributed by atoms with van der Waals surface area (Å²) < 4.78 is 10.7. The third-order valence-electron chi connectivity index (χ3n) is 4.70. The van der Waals surface area contributed by atoms with Crippen molar-refractivity contribution in [2.75, 3.05) is 58.5 Å². The second kappa shape index (κ2) is 11.6. The van der Waals surface area contributed by atoms with Gasteiger partial charge in [-0.3, -0.25) is 4.99 Å². The van der Waals surface area contributed by atoms with Crippen LogP contribution in [0.15, 0.2) is 29.3 Å². The zero-order chi connectivity index (χ0) is 18.6. The van der Waals surface area contributed by atoms with Crippen LogP contribution < -0.4 is 20.3 Å². The molecule has 1 unspecified atom stereocenters. The summed E-state index contributed by atoms with van der Waals surface area (Å²) in [5.74, 6) is 2.43. The molecule has 0 amide bonds. The summed E-state index contributed by atoms with van der Waals surface area (Å²) in [6.07, 6.45) is 3.36. The predicted molar refractivity (Wildman–Crippen MR) is 108 cm³/mol. The molecular formula is C20H34N4O2. The van der Waals surface area contributed by atoms with Crippen molar-refractivity contribution in [2.45, 2.75) is 26.2 Å². The molecule has 6 heteroatoms. The zero-order valence-corrected chi connectivity index (χ0v) is 16.5. The number of nitrogens with zero attached hydrogens (tertiary/aromatic N) is 2. The number of nitrogens with one attached hydrogen (secondary N) is 2. The number of aliphatic imine (C=N–C) groups is 1. The molecule has 1 heterocycles. The summed E-state index contributed by atoms with van der Waals surface area (Å²) in [7, 11) is 3.54. The van der Waals surface area contributed by atoms with Gasteiger partial charge in [0.15, 0.2) is 5.96 Å². The highest BCUT2D eigenvalue weighted by Gasteiger charge is 2.23. The fourth-order valence-corrected chi connectivity index (χ4v) is 3.18. The Labute approximate surface area is 158 Å². The maximum Gasteiger partial charge on any atom is 0.190 e. The molecule has 2 N–H and O–H groups in total. The fourth-order valence-electron chi connectivity index (χ4n) is 3.18. The van der Waals surface area contributed by atoms with Gasteiger partial charge in [0.25, 0.3) is 0 Å². The maximum atomic E-state index is 5.36. The van der Waals surface area contributed by atoms with Gasteiger partial charge in [-0.2, -0.15) is 0 Å². The van der Waals surface area contributed by atoms with E-state index in [1.807, 2.05) is 20.0 Å². The molecule has 0 saturated carbocycles. The minimum Gasteiger partial charge on any atom is -0.497 e. The van der Waals surface area contributed by atoms with Crippen molar-refractivity contribution in [3.63, 3.8) is 0 Å². The van der Waals surface area contributed by atoms with Crippen molar-refractivity contribution in [1.82, 2.24) is 10.6 Å². The van der Waals surface area contributed by atoms with E-state index in [-0.39, 0.29) is 0 Å². The van der Waals surface area contributed by atoms with E-state index in [9.17, 15) is 0 Å². The molecule has 0 aromatic heterocycles. The van der Waals surface area contributed by atoms with E-state index in [4.69, 9.17) is 9.47 Å². The van der Waals surface area contributed by atoms with Crippen molar-refractivity contribution in [3.05, 3.63) is 24.3 Å². The summed E-state index contributed by atoms with van der Waals surface area (Å²) in [6, 6.07) is 8.30. The van der Waals surface area contributed by atoms with E-state index in [1.165, 1.54) is 12.1 Å². The standard InChI is InChI=1S/C20H34N4O2/c1-4-26-13-6-5-11-22-20(21-2)23-15-17-10-12-24(16-17)18-8-7-9-19(14-18)25-3/h7-9,14,17H,4-6,10-13,15-16H2,1-3H3,(H2,21,22,23). The predicted octanol–water partition coefficient (Wildman–Crippen LogP) is 2.50. The molecule has 0 spiro atoms. The summed E-state index contributed by atoms with van der Waals surface area (Å²) in [5.41, 5.74) is 1.24. The highest BCUT2D eigenvalue weighted by molar-refractivity contribution is 5.79. The van der Waals surface area contributed by atoms with Gasteiger partial charge in [0.1, 0.15) is 5.75 Å². The quantitative estimate of drug-likeness (QED) is 0.380. The van der Waals surface area contributed by atoms with Crippen LogP contribution in [0.5, 0.6) is 5.75 Å². The summed E-state index contributed by atoms with van der Waals surface area (Å²) in [5, 5.41) is 6.85. The fraction of sp³-hybridized carbons (Fsp3) is 0.650. The molecule has 0 radical (unpaired) electrons. The molecule has 6 nitrogen and oxygen atoms in total. The molecular weight excluding hydrogens is 328 g/mol. The minimum atomic E-state index is 0.623. The van der Waals surface area contributed by atoms with Gasteiger partial charge in [0.2, 0.25) is 0 Å². The van der Waals surface area contributed by atoms with Crippen LogP contribution in [0.3, 0.4) is 0 Å². The van der Waals surface area contributed by atoms with Gasteiger partial charge in [0.05, 0.1) is 7.11 Å². The second-order valence-electron chi connectivity index (χ2n) is 6.59. The lowest BCUT2D eigenvalue weighted by Gasteiger charge is -2.20. The highest BCUT2D eigenvalue weighted by Crippen LogP contribution is 2.26. The van der Waals surface area contributed by atoms with Crippen LogP contribution in [0.4, 0.5) is 5.69 Å². The van der Waals surface area contributed by atoms with Gasteiger partial charge >= 0.3 is 0 Å².